The van der Waals surface area contributed by atoms with Gasteiger partial charge in [-0.2, -0.15) is 13.2 Å². The molecule has 0 saturated carbocycles. The maximum absolute atomic E-state index is 13.5. The van der Waals surface area contributed by atoms with Crippen molar-refractivity contribution in [1.29, 1.82) is 0 Å². The number of hydrogen-bond acceptors (Lipinski definition) is 3. The molecule has 3 aromatic carbocycles. The summed E-state index contributed by atoms with van der Waals surface area (Å²) in [5.74, 6) is -0.274. The van der Waals surface area contributed by atoms with E-state index in [9.17, 15) is 22.8 Å². The van der Waals surface area contributed by atoms with Crippen LogP contribution in [0.3, 0.4) is 0 Å². The Labute approximate surface area is 212 Å². The zero-order chi connectivity index (χ0) is 25.9. The number of carbonyl (C=O) groups is 2. The zero-order valence-corrected chi connectivity index (χ0v) is 20.7. The van der Waals surface area contributed by atoms with E-state index < -0.39 is 17.8 Å². The molecule has 5 nitrogen and oxygen atoms in total. The van der Waals surface area contributed by atoms with Crippen molar-refractivity contribution in [2.45, 2.75) is 30.8 Å². The minimum Gasteiger partial charge on any atom is -0.352 e. The Hall–Kier alpha value is -3.46. The normalized spacial score (nSPS) is 12.9. The van der Waals surface area contributed by atoms with Gasteiger partial charge in [0.05, 0.1) is 5.56 Å². The van der Waals surface area contributed by atoms with Crippen molar-refractivity contribution in [3.63, 3.8) is 0 Å². The van der Waals surface area contributed by atoms with Crippen molar-refractivity contribution in [2.75, 3.05) is 29.6 Å². The molecule has 0 radical (unpaired) electrons. The molecule has 0 unspecified atom stereocenters. The second kappa shape index (κ2) is 10.7. The molecule has 1 heterocycles. The minimum absolute atomic E-state index is 0.143. The molecule has 3 aromatic rings. The van der Waals surface area contributed by atoms with Gasteiger partial charge in [-0.05, 0) is 67.5 Å². The van der Waals surface area contributed by atoms with Crippen LogP contribution >= 0.6 is 11.8 Å². The van der Waals surface area contributed by atoms with Gasteiger partial charge >= 0.3 is 12.2 Å². The summed E-state index contributed by atoms with van der Waals surface area (Å²) in [5, 5.41) is 5.59. The van der Waals surface area contributed by atoms with Crippen molar-refractivity contribution in [3.05, 3.63) is 88.5 Å². The Kier molecular flexibility index (Phi) is 7.59. The van der Waals surface area contributed by atoms with Gasteiger partial charge in [0, 0.05) is 34.9 Å². The number of halogens is 3. The fraction of sp³-hybridized carbons (Fsp3) is 0.259. The Morgan fingerprint density at radius 1 is 1.06 bits per heavy atom. The highest BCUT2D eigenvalue weighted by Gasteiger charge is 2.36. The minimum atomic E-state index is -4.51. The van der Waals surface area contributed by atoms with E-state index in [0.717, 1.165) is 23.4 Å². The maximum atomic E-state index is 13.5. The number of nitrogens with one attached hydrogen (secondary N) is 2. The van der Waals surface area contributed by atoms with E-state index in [-0.39, 0.29) is 23.0 Å². The number of fused-ring (bicyclic) bond motifs is 1. The van der Waals surface area contributed by atoms with Crippen molar-refractivity contribution in [2.24, 2.45) is 0 Å². The highest BCUT2D eigenvalue weighted by Crippen LogP contribution is 2.42. The number of amides is 3. The lowest BCUT2D eigenvalue weighted by atomic mass is 10.1. The lowest BCUT2D eigenvalue weighted by molar-refractivity contribution is -0.139. The molecular formula is C27H26F3N3O2S. The predicted molar refractivity (Wildman–Crippen MR) is 137 cm³/mol. The first-order chi connectivity index (χ1) is 17.2. The predicted octanol–water partition coefficient (Wildman–Crippen LogP) is 6.30. The molecule has 0 saturated heterocycles. The SMILES string of the molecule is CSc1cc2c(cc1C(F)(F)F)N(C(=O)Nc1cccc(C(=O)NCCc3ccc(C)cc3)c1)CC2. The number of hydrogen-bond donors (Lipinski definition) is 2. The molecule has 0 bridgehead atoms. The molecule has 1 aliphatic rings. The summed E-state index contributed by atoms with van der Waals surface area (Å²) >= 11 is 1.03. The number of alkyl halides is 3. The first-order valence-corrected chi connectivity index (χ1v) is 12.7. The molecule has 2 N–H and O–H groups in total. The Bertz CT molecular complexity index is 1280. The smallest absolute Gasteiger partial charge is 0.352 e. The Balaban J connectivity index is 1.42. The number of benzene rings is 3. The lowest BCUT2D eigenvalue weighted by Gasteiger charge is -2.20. The standard InChI is InChI=1S/C27H26F3N3O2S/c1-17-6-8-18(9-7-17)10-12-31-25(34)20-4-3-5-21(14-20)32-26(35)33-13-11-19-15-24(36-2)22(16-23(19)33)27(28,29)30/h3-9,14-16H,10-13H2,1-2H3,(H,31,34)(H,32,35). The zero-order valence-electron chi connectivity index (χ0n) is 19.9. The summed E-state index contributed by atoms with van der Waals surface area (Å²) in [6.45, 7) is 2.75. The average Bonchev–Trinajstić information content (AvgIpc) is 3.27. The summed E-state index contributed by atoms with van der Waals surface area (Å²) in [5.41, 5.74) is 3.25. The molecule has 1 aliphatic heterocycles. The first-order valence-electron chi connectivity index (χ1n) is 11.5. The summed E-state index contributed by atoms with van der Waals surface area (Å²) in [4.78, 5) is 27.0. The fourth-order valence-corrected chi connectivity index (χ4v) is 4.78. The third kappa shape index (κ3) is 5.84. The van der Waals surface area contributed by atoms with Gasteiger partial charge in [-0.3, -0.25) is 9.69 Å². The van der Waals surface area contributed by atoms with E-state index in [4.69, 9.17) is 0 Å². The monoisotopic (exact) mass is 513 g/mol. The van der Waals surface area contributed by atoms with Gasteiger partial charge < -0.3 is 10.6 Å². The average molecular weight is 514 g/mol. The first kappa shape index (κ1) is 25.6. The Morgan fingerprint density at radius 2 is 1.81 bits per heavy atom. The molecule has 36 heavy (non-hydrogen) atoms. The molecule has 188 valence electrons. The van der Waals surface area contributed by atoms with E-state index in [1.54, 1.807) is 30.5 Å². The van der Waals surface area contributed by atoms with Gasteiger partial charge in [0.25, 0.3) is 5.91 Å². The number of anilines is 2. The van der Waals surface area contributed by atoms with Gasteiger partial charge in [-0.25, -0.2) is 4.79 Å². The molecule has 9 heteroatoms. The molecule has 4 rings (SSSR count). The summed E-state index contributed by atoms with van der Waals surface area (Å²) in [6, 6.07) is 16.6. The summed E-state index contributed by atoms with van der Waals surface area (Å²) < 4.78 is 40.6. The van der Waals surface area contributed by atoms with Crippen LogP contribution in [0.1, 0.15) is 32.6 Å². The molecule has 0 aromatic heterocycles. The van der Waals surface area contributed by atoms with Crippen LogP contribution in [0.15, 0.2) is 65.6 Å². The highest BCUT2D eigenvalue weighted by molar-refractivity contribution is 7.98. The van der Waals surface area contributed by atoms with Crippen LogP contribution < -0.4 is 15.5 Å². The molecule has 0 atom stereocenters. The number of aryl methyl sites for hydroxylation is 1. The van der Waals surface area contributed by atoms with Crippen LogP contribution in [-0.2, 0) is 19.0 Å². The van der Waals surface area contributed by atoms with E-state index in [0.29, 0.717) is 36.2 Å². The van der Waals surface area contributed by atoms with E-state index >= 15 is 0 Å². The Morgan fingerprint density at radius 3 is 2.50 bits per heavy atom. The molecular weight excluding hydrogens is 487 g/mol. The largest absolute Gasteiger partial charge is 0.417 e. The van der Waals surface area contributed by atoms with Gasteiger partial charge in [0.15, 0.2) is 0 Å². The maximum Gasteiger partial charge on any atom is 0.417 e. The number of thioether (sulfide) groups is 1. The number of urea groups is 1. The molecule has 0 fully saturated rings. The van der Waals surface area contributed by atoms with Gasteiger partial charge in [0.2, 0.25) is 0 Å². The number of carbonyl (C=O) groups excluding carboxylic acids is 2. The topological polar surface area (TPSA) is 61.4 Å². The van der Waals surface area contributed by atoms with Gasteiger partial charge in [-0.1, -0.05) is 35.9 Å². The van der Waals surface area contributed by atoms with Crippen molar-refractivity contribution < 1.29 is 22.8 Å². The van der Waals surface area contributed by atoms with Crippen LogP contribution in [0.4, 0.5) is 29.3 Å². The molecule has 0 spiro atoms. The van der Waals surface area contributed by atoms with Crippen molar-refractivity contribution >= 4 is 35.1 Å². The van der Waals surface area contributed by atoms with Crippen molar-refractivity contribution in [1.82, 2.24) is 5.32 Å². The molecule has 3 amide bonds. The van der Waals surface area contributed by atoms with Crippen molar-refractivity contribution in [3.8, 4) is 0 Å². The van der Waals surface area contributed by atoms with Crippen LogP contribution in [0.25, 0.3) is 0 Å². The second-order valence-corrected chi connectivity index (χ2v) is 9.43. The highest BCUT2D eigenvalue weighted by atomic mass is 32.2. The summed E-state index contributed by atoms with van der Waals surface area (Å²) in [7, 11) is 0. The third-order valence-electron chi connectivity index (χ3n) is 6.04. The van der Waals surface area contributed by atoms with Crippen LogP contribution in [0.2, 0.25) is 0 Å². The summed E-state index contributed by atoms with van der Waals surface area (Å²) in [6.07, 6.45) is -1.76. The van der Waals surface area contributed by atoms with E-state index in [2.05, 4.69) is 10.6 Å². The van der Waals surface area contributed by atoms with E-state index in [1.807, 2.05) is 31.2 Å². The quantitative estimate of drug-likeness (QED) is 0.380. The van der Waals surface area contributed by atoms with Crippen LogP contribution in [0, 0.1) is 6.92 Å². The number of nitrogens with zero attached hydrogens (tertiary/aromatic N) is 1. The lowest BCUT2D eigenvalue weighted by Crippen LogP contribution is -2.33. The fourth-order valence-electron chi connectivity index (χ4n) is 4.12. The van der Waals surface area contributed by atoms with Crippen LogP contribution in [0.5, 0.6) is 0 Å². The van der Waals surface area contributed by atoms with Crippen LogP contribution in [-0.4, -0.2) is 31.3 Å². The van der Waals surface area contributed by atoms with Gasteiger partial charge in [0.1, 0.15) is 0 Å². The van der Waals surface area contributed by atoms with E-state index in [1.165, 1.54) is 16.5 Å². The molecule has 0 aliphatic carbocycles. The number of rotatable bonds is 6. The second-order valence-electron chi connectivity index (χ2n) is 8.58. The van der Waals surface area contributed by atoms with Gasteiger partial charge in [-0.15, -0.1) is 11.8 Å². The third-order valence-corrected chi connectivity index (χ3v) is 6.82.